The summed E-state index contributed by atoms with van der Waals surface area (Å²) < 4.78 is 0. The number of amides is 1. The summed E-state index contributed by atoms with van der Waals surface area (Å²) in [6, 6.07) is 7.05. The number of ketones is 1. The summed E-state index contributed by atoms with van der Waals surface area (Å²) in [7, 11) is 0. The molecule has 0 aliphatic carbocycles. The van der Waals surface area contributed by atoms with E-state index in [2.05, 4.69) is 0 Å². The lowest BCUT2D eigenvalue weighted by Gasteiger charge is -2.15. The van der Waals surface area contributed by atoms with Crippen LogP contribution in [0.4, 0.5) is 5.69 Å². The molecule has 3 rings (SSSR count). The van der Waals surface area contributed by atoms with Crippen LogP contribution in [0.15, 0.2) is 35.0 Å². The molecule has 18 heavy (non-hydrogen) atoms. The summed E-state index contributed by atoms with van der Waals surface area (Å²) >= 11 is 7.54. The number of Topliss-reactive ketones (excluding diaryl/α,β-unsaturated/α-hetero) is 1. The fraction of sp³-hybridized carbons (Fsp3) is 0.0769. The minimum atomic E-state index is -0.522. The molecule has 5 heteroatoms. The van der Waals surface area contributed by atoms with Crippen molar-refractivity contribution >= 4 is 40.3 Å². The van der Waals surface area contributed by atoms with Gasteiger partial charge in [0, 0.05) is 0 Å². The topological polar surface area (TPSA) is 37.4 Å². The number of benzene rings is 1. The molecule has 0 atom stereocenters. The van der Waals surface area contributed by atoms with E-state index in [0.29, 0.717) is 22.8 Å². The summed E-state index contributed by atoms with van der Waals surface area (Å²) in [5.41, 5.74) is 1.93. The van der Waals surface area contributed by atoms with E-state index in [1.54, 1.807) is 29.5 Å². The molecule has 0 saturated heterocycles. The first-order chi connectivity index (χ1) is 8.68. The fourth-order valence-electron chi connectivity index (χ4n) is 2.02. The Bertz CT molecular complexity index is 636. The van der Waals surface area contributed by atoms with Crippen molar-refractivity contribution in [2.45, 2.75) is 6.54 Å². The van der Waals surface area contributed by atoms with E-state index in [0.717, 1.165) is 5.56 Å². The van der Waals surface area contributed by atoms with E-state index in [1.165, 1.54) is 4.90 Å². The minimum Gasteiger partial charge on any atom is -0.300 e. The van der Waals surface area contributed by atoms with Gasteiger partial charge in [0.15, 0.2) is 0 Å². The number of hydrogen-bond donors (Lipinski definition) is 0. The lowest BCUT2D eigenvalue weighted by molar-refractivity contribution is -0.114. The first-order valence-electron chi connectivity index (χ1n) is 5.34. The number of carbonyl (C=O) groups excluding carboxylic acids is 2. The van der Waals surface area contributed by atoms with Gasteiger partial charge in [-0.1, -0.05) is 17.7 Å². The predicted octanol–water partition coefficient (Wildman–Crippen LogP) is 3.13. The zero-order valence-corrected chi connectivity index (χ0v) is 10.8. The van der Waals surface area contributed by atoms with Gasteiger partial charge in [0.1, 0.15) is 0 Å². The van der Waals surface area contributed by atoms with Crippen molar-refractivity contribution in [3.05, 3.63) is 51.2 Å². The highest BCUT2D eigenvalue weighted by atomic mass is 35.5. The van der Waals surface area contributed by atoms with Gasteiger partial charge >= 0.3 is 0 Å². The molecule has 0 bridgehead atoms. The van der Waals surface area contributed by atoms with Crippen molar-refractivity contribution in [1.29, 1.82) is 0 Å². The van der Waals surface area contributed by atoms with Crippen LogP contribution in [0.3, 0.4) is 0 Å². The van der Waals surface area contributed by atoms with E-state index in [4.69, 9.17) is 11.6 Å². The molecular weight excluding hydrogens is 270 g/mol. The normalized spacial score (nSPS) is 14.2. The van der Waals surface area contributed by atoms with E-state index < -0.39 is 11.7 Å². The lowest BCUT2D eigenvalue weighted by Crippen LogP contribution is -2.28. The monoisotopic (exact) mass is 277 g/mol. The third kappa shape index (κ3) is 1.65. The average Bonchev–Trinajstić information content (AvgIpc) is 2.94. The molecule has 1 amide bonds. The second-order valence-electron chi connectivity index (χ2n) is 3.99. The smallest absolute Gasteiger partial charge is 0.299 e. The molecule has 0 N–H and O–H groups in total. The molecule has 1 aliphatic rings. The highest BCUT2D eigenvalue weighted by molar-refractivity contribution is 7.07. The van der Waals surface area contributed by atoms with Crippen molar-refractivity contribution in [3.8, 4) is 0 Å². The molecule has 0 spiro atoms. The number of thiophene rings is 1. The van der Waals surface area contributed by atoms with Crippen LogP contribution in [0, 0.1) is 0 Å². The Kier molecular flexibility index (Phi) is 2.69. The molecule has 0 fully saturated rings. The second-order valence-corrected chi connectivity index (χ2v) is 5.17. The first kappa shape index (κ1) is 11.4. The summed E-state index contributed by atoms with van der Waals surface area (Å²) in [5.74, 6) is -1.03. The van der Waals surface area contributed by atoms with Gasteiger partial charge in [-0.2, -0.15) is 11.3 Å². The van der Waals surface area contributed by atoms with Gasteiger partial charge in [-0.3, -0.25) is 9.59 Å². The van der Waals surface area contributed by atoms with Crippen LogP contribution in [0.2, 0.25) is 5.02 Å². The van der Waals surface area contributed by atoms with Crippen LogP contribution < -0.4 is 4.90 Å². The van der Waals surface area contributed by atoms with Crippen molar-refractivity contribution in [2.75, 3.05) is 4.90 Å². The molecule has 0 unspecified atom stereocenters. The Morgan fingerprint density at radius 2 is 2.06 bits per heavy atom. The number of hydrogen-bond acceptors (Lipinski definition) is 3. The van der Waals surface area contributed by atoms with Crippen LogP contribution in [0.1, 0.15) is 15.9 Å². The standard InChI is InChI=1S/C13H8ClNO2S/c14-9-2-1-3-10-11(9)12(16)13(17)15(10)6-8-4-5-18-7-8/h1-5,7H,6H2. The van der Waals surface area contributed by atoms with Crippen LogP contribution in [0.25, 0.3) is 0 Å². The fourth-order valence-corrected chi connectivity index (χ4v) is 2.94. The third-order valence-electron chi connectivity index (χ3n) is 2.87. The van der Waals surface area contributed by atoms with Gasteiger partial charge in [0.05, 0.1) is 22.8 Å². The Morgan fingerprint density at radius 3 is 2.78 bits per heavy atom. The Hall–Kier alpha value is -1.65. The van der Waals surface area contributed by atoms with Gasteiger partial charge in [-0.15, -0.1) is 0 Å². The Balaban J connectivity index is 2.05. The number of fused-ring (bicyclic) bond motifs is 1. The third-order valence-corrected chi connectivity index (χ3v) is 3.92. The quantitative estimate of drug-likeness (QED) is 0.791. The molecule has 90 valence electrons. The molecule has 0 radical (unpaired) electrons. The van der Waals surface area contributed by atoms with Gasteiger partial charge in [-0.05, 0) is 34.5 Å². The number of anilines is 1. The maximum Gasteiger partial charge on any atom is 0.299 e. The summed E-state index contributed by atoms with van der Waals surface area (Å²) in [4.78, 5) is 25.3. The van der Waals surface area contributed by atoms with Crippen molar-refractivity contribution < 1.29 is 9.59 Å². The minimum absolute atomic E-state index is 0.319. The molecular formula is C13H8ClNO2S. The van der Waals surface area contributed by atoms with Gasteiger partial charge in [-0.25, -0.2) is 0 Å². The maximum absolute atomic E-state index is 12.0. The number of carbonyl (C=O) groups is 2. The van der Waals surface area contributed by atoms with Gasteiger partial charge in [0.25, 0.3) is 11.7 Å². The zero-order valence-electron chi connectivity index (χ0n) is 9.22. The molecule has 2 aromatic rings. The second kappa shape index (κ2) is 4.23. The van der Waals surface area contributed by atoms with E-state index in [-0.39, 0.29) is 0 Å². The summed E-state index contributed by atoms with van der Waals surface area (Å²) in [6.07, 6.45) is 0. The first-order valence-corrected chi connectivity index (χ1v) is 6.66. The maximum atomic E-state index is 12.0. The van der Waals surface area contributed by atoms with Crippen molar-refractivity contribution in [1.82, 2.24) is 0 Å². The highest BCUT2D eigenvalue weighted by Crippen LogP contribution is 2.35. The van der Waals surface area contributed by atoms with Crippen molar-refractivity contribution in [3.63, 3.8) is 0 Å². The summed E-state index contributed by atoms with van der Waals surface area (Å²) in [6.45, 7) is 0.404. The van der Waals surface area contributed by atoms with E-state index in [9.17, 15) is 9.59 Å². The van der Waals surface area contributed by atoms with Crippen molar-refractivity contribution in [2.24, 2.45) is 0 Å². The zero-order chi connectivity index (χ0) is 12.7. The highest BCUT2D eigenvalue weighted by Gasteiger charge is 2.37. The van der Waals surface area contributed by atoms with Crippen LogP contribution in [0.5, 0.6) is 0 Å². The van der Waals surface area contributed by atoms with E-state index >= 15 is 0 Å². The number of rotatable bonds is 2. The van der Waals surface area contributed by atoms with Gasteiger partial charge in [0.2, 0.25) is 0 Å². The molecule has 1 aliphatic heterocycles. The van der Waals surface area contributed by atoms with E-state index in [1.807, 2.05) is 16.8 Å². The van der Waals surface area contributed by atoms with Crippen LogP contribution in [-0.4, -0.2) is 11.7 Å². The molecule has 1 aromatic heterocycles. The average molecular weight is 278 g/mol. The van der Waals surface area contributed by atoms with Crippen LogP contribution in [-0.2, 0) is 11.3 Å². The molecule has 3 nitrogen and oxygen atoms in total. The predicted molar refractivity (Wildman–Crippen MR) is 71.3 cm³/mol. The number of halogens is 1. The number of nitrogens with zero attached hydrogens (tertiary/aromatic N) is 1. The molecule has 0 saturated carbocycles. The Morgan fingerprint density at radius 1 is 1.22 bits per heavy atom. The van der Waals surface area contributed by atoms with Crippen LogP contribution >= 0.6 is 22.9 Å². The largest absolute Gasteiger partial charge is 0.300 e. The SMILES string of the molecule is O=C1C(=O)N(Cc2ccsc2)c2cccc(Cl)c21. The lowest BCUT2D eigenvalue weighted by atomic mass is 10.1. The summed E-state index contributed by atoms with van der Waals surface area (Å²) in [5, 5.41) is 4.23. The Labute approximate surface area is 113 Å². The van der Waals surface area contributed by atoms with Gasteiger partial charge < -0.3 is 4.90 Å². The molecule has 2 heterocycles. The molecule has 1 aromatic carbocycles.